The average Bonchev–Trinajstić information content (AvgIpc) is 2.77. The number of anilines is 1. The fourth-order valence-electron chi connectivity index (χ4n) is 4.63. The summed E-state index contributed by atoms with van der Waals surface area (Å²) >= 11 is 13.0. The topological polar surface area (TPSA) is 20.3 Å². The molecule has 0 radical (unpaired) electrons. The summed E-state index contributed by atoms with van der Waals surface area (Å²) in [5.74, 6) is -0.0566. The van der Waals surface area contributed by atoms with Crippen molar-refractivity contribution in [1.29, 1.82) is 0 Å². The van der Waals surface area contributed by atoms with E-state index in [-0.39, 0.29) is 11.8 Å². The van der Waals surface area contributed by atoms with Crippen LogP contribution in [0, 0.1) is 6.92 Å². The Morgan fingerprint density at radius 1 is 0.935 bits per heavy atom. The van der Waals surface area contributed by atoms with Gasteiger partial charge in [-0.3, -0.25) is 4.79 Å². The van der Waals surface area contributed by atoms with E-state index >= 15 is 0 Å². The molecule has 0 saturated carbocycles. The Morgan fingerprint density at radius 2 is 1.74 bits per heavy atom. The Morgan fingerprint density at radius 3 is 2.58 bits per heavy atom. The molecule has 4 heteroatoms. The second-order valence-electron chi connectivity index (χ2n) is 8.09. The van der Waals surface area contributed by atoms with Crippen molar-refractivity contribution in [3.8, 4) is 0 Å². The van der Waals surface area contributed by atoms with Crippen LogP contribution in [0.5, 0.6) is 0 Å². The molecule has 4 aromatic carbocycles. The molecule has 0 spiro atoms. The number of aryl methyl sites for hydroxylation is 1. The summed E-state index contributed by atoms with van der Waals surface area (Å²) in [6.45, 7) is 2.61. The number of benzene rings is 4. The number of hydrogen-bond donors (Lipinski definition) is 0. The fourth-order valence-corrected chi connectivity index (χ4v) is 5.07. The maximum absolute atomic E-state index is 13.4. The van der Waals surface area contributed by atoms with E-state index in [9.17, 15) is 4.79 Å². The predicted octanol–water partition coefficient (Wildman–Crippen LogP) is 7.52. The Balaban J connectivity index is 1.71. The van der Waals surface area contributed by atoms with E-state index in [2.05, 4.69) is 49.4 Å². The second kappa shape index (κ2) is 8.03. The van der Waals surface area contributed by atoms with E-state index in [0.717, 1.165) is 33.2 Å². The summed E-state index contributed by atoms with van der Waals surface area (Å²) in [6.07, 6.45) is 0.354. The maximum Gasteiger partial charge on any atom is 0.228 e. The number of rotatable bonds is 3. The molecule has 2 nitrogen and oxygen atoms in total. The van der Waals surface area contributed by atoms with Crippen molar-refractivity contribution < 1.29 is 4.79 Å². The van der Waals surface area contributed by atoms with Crippen molar-refractivity contribution in [3.05, 3.63) is 111 Å². The summed E-state index contributed by atoms with van der Waals surface area (Å²) in [5, 5.41) is 3.32. The van der Waals surface area contributed by atoms with Crippen molar-refractivity contribution >= 4 is 45.6 Å². The second-order valence-corrected chi connectivity index (χ2v) is 8.87. The Bertz CT molecular complexity index is 1310. The molecular weight excluding hydrogens is 425 g/mol. The molecule has 1 amide bonds. The maximum atomic E-state index is 13.4. The molecule has 0 fully saturated rings. The first-order chi connectivity index (χ1) is 15.0. The van der Waals surface area contributed by atoms with E-state index in [1.807, 2.05) is 35.2 Å². The normalized spacial score (nSPS) is 15.9. The summed E-state index contributed by atoms with van der Waals surface area (Å²) in [5.41, 5.74) is 5.28. The molecule has 1 atom stereocenters. The zero-order valence-electron chi connectivity index (χ0n) is 17.1. The molecule has 154 valence electrons. The third-order valence-electron chi connectivity index (χ3n) is 6.05. The first-order valence-corrected chi connectivity index (χ1v) is 11.1. The van der Waals surface area contributed by atoms with Gasteiger partial charge in [0.25, 0.3) is 0 Å². The van der Waals surface area contributed by atoms with Gasteiger partial charge in [-0.1, -0.05) is 95.5 Å². The van der Waals surface area contributed by atoms with Crippen molar-refractivity contribution in [2.45, 2.75) is 25.8 Å². The van der Waals surface area contributed by atoms with Gasteiger partial charge in [0.15, 0.2) is 0 Å². The smallest absolute Gasteiger partial charge is 0.228 e. The van der Waals surface area contributed by atoms with E-state index in [0.29, 0.717) is 23.0 Å². The first kappa shape index (κ1) is 20.1. The summed E-state index contributed by atoms with van der Waals surface area (Å²) < 4.78 is 0. The average molecular weight is 446 g/mol. The largest absolute Gasteiger partial charge is 0.308 e. The van der Waals surface area contributed by atoms with E-state index in [1.54, 1.807) is 6.07 Å². The molecule has 1 aliphatic heterocycles. The van der Waals surface area contributed by atoms with Gasteiger partial charge < -0.3 is 4.90 Å². The van der Waals surface area contributed by atoms with E-state index in [1.165, 1.54) is 5.56 Å². The molecule has 1 heterocycles. The van der Waals surface area contributed by atoms with Crippen LogP contribution in [0.4, 0.5) is 5.69 Å². The van der Waals surface area contributed by atoms with Gasteiger partial charge in [0.05, 0.1) is 16.6 Å². The number of carbonyl (C=O) groups excluding carboxylic acids is 1. The van der Waals surface area contributed by atoms with Crippen LogP contribution in [0.25, 0.3) is 10.8 Å². The predicted molar refractivity (Wildman–Crippen MR) is 129 cm³/mol. The van der Waals surface area contributed by atoms with Crippen molar-refractivity contribution in [1.82, 2.24) is 0 Å². The fraction of sp³-hybridized carbons (Fsp3) is 0.148. The minimum absolute atomic E-state index is 0.0883. The van der Waals surface area contributed by atoms with Crippen LogP contribution in [0.2, 0.25) is 10.0 Å². The summed E-state index contributed by atoms with van der Waals surface area (Å²) in [7, 11) is 0. The van der Waals surface area contributed by atoms with Gasteiger partial charge in [-0.15, -0.1) is 0 Å². The third kappa shape index (κ3) is 3.60. The number of halogens is 2. The van der Waals surface area contributed by atoms with Gasteiger partial charge in [0.1, 0.15) is 0 Å². The Labute approximate surface area is 192 Å². The molecule has 0 N–H and O–H groups in total. The van der Waals surface area contributed by atoms with E-state index < -0.39 is 0 Å². The Kier molecular flexibility index (Phi) is 5.21. The van der Waals surface area contributed by atoms with Gasteiger partial charge >= 0.3 is 0 Å². The van der Waals surface area contributed by atoms with Crippen molar-refractivity contribution in [2.24, 2.45) is 0 Å². The molecule has 5 rings (SSSR count). The van der Waals surface area contributed by atoms with Gasteiger partial charge in [-0.2, -0.15) is 0 Å². The van der Waals surface area contributed by atoms with Crippen molar-refractivity contribution in [3.63, 3.8) is 0 Å². The molecular formula is C27H21Cl2NO. The van der Waals surface area contributed by atoms with Gasteiger partial charge in [0.2, 0.25) is 5.91 Å². The molecule has 1 aliphatic rings. The van der Waals surface area contributed by atoms with Crippen LogP contribution in [0.3, 0.4) is 0 Å². The van der Waals surface area contributed by atoms with Gasteiger partial charge in [-0.25, -0.2) is 0 Å². The number of nitrogens with zero attached hydrogens (tertiary/aromatic N) is 1. The highest BCUT2D eigenvalue weighted by molar-refractivity contribution is 6.42. The van der Waals surface area contributed by atoms with Crippen LogP contribution in [-0.4, -0.2) is 5.91 Å². The highest BCUT2D eigenvalue weighted by Gasteiger charge is 2.34. The van der Waals surface area contributed by atoms with Gasteiger partial charge in [0, 0.05) is 18.0 Å². The third-order valence-corrected chi connectivity index (χ3v) is 6.88. The number of fused-ring (bicyclic) bond motifs is 3. The van der Waals surface area contributed by atoms with Crippen molar-refractivity contribution in [2.75, 3.05) is 4.90 Å². The van der Waals surface area contributed by atoms with Crippen LogP contribution >= 0.6 is 23.2 Å². The lowest BCUT2D eigenvalue weighted by Crippen LogP contribution is -2.36. The lowest BCUT2D eigenvalue weighted by molar-refractivity contribution is -0.119. The molecule has 0 saturated heterocycles. The van der Waals surface area contributed by atoms with Gasteiger partial charge in [-0.05, 0) is 46.5 Å². The number of amides is 1. The van der Waals surface area contributed by atoms with Crippen LogP contribution in [-0.2, 0) is 11.3 Å². The first-order valence-electron chi connectivity index (χ1n) is 10.3. The Hall–Kier alpha value is -2.81. The summed E-state index contributed by atoms with van der Waals surface area (Å²) in [4.78, 5) is 15.3. The number of carbonyl (C=O) groups is 1. The van der Waals surface area contributed by atoms with E-state index in [4.69, 9.17) is 23.2 Å². The quantitative estimate of drug-likeness (QED) is 0.319. The van der Waals surface area contributed by atoms with Crippen LogP contribution in [0.15, 0.2) is 78.9 Å². The standard InChI is InChI=1S/C27H21Cl2NO/c1-17-6-4-7-18(14-17)16-30-24-13-12-19-8-2-3-9-20(19)26(24)22(15-25(30)31)21-10-5-11-23(28)27(21)29/h2-14,22H,15-16H2,1H3. The summed E-state index contributed by atoms with van der Waals surface area (Å²) in [6, 6.07) is 26.4. The SMILES string of the molecule is Cc1cccc(CN2C(=O)CC(c3cccc(Cl)c3Cl)c3c2ccc2ccccc32)c1. The van der Waals surface area contributed by atoms with Crippen LogP contribution < -0.4 is 4.90 Å². The lowest BCUT2D eigenvalue weighted by Gasteiger charge is -2.36. The molecule has 4 aromatic rings. The minimum Gasteiger partial charge on any atom is -0.308 e. The molecule has 1 unspecified atom stereocenters. The minimum atomic E-state index is -0.145. The molecule has 0 aliphatic carbocycles. The monoisotopic (exact) mass is 445 g/mol. The number of hydrogen-bond acceptors (Lipinski definition) is 1. The van der Waals surface area contributed by atoms with Crippen LogP contribution in [0.1, 0.15) is 34.6 Å². The molecule has 0 aromatic heterocycles. The zero-order chi connectivity index (χ0) is 21.5. The highest BCUT2D eigenvalue weighted by Crippen LogP contribution is 2.47. The highest BCUT2D eigenvalue weighted by atomic mass is 35.5. The zero-order valence-corrected chi connectivity index (χ0v) is 18.6. The molecule has 0 bridgehead atoms. The molecule has 31 heavy (non-hydrogen) atoms. The lowest BCUT2D eigenvalue weighted by atomic mass is 9.81.